The summed E-state index contributed by atoms with van der Waals surface area (Å²) in [4.78, 5) is 12.1. The summed E-state index contributed by atoms with van der Waals surface area (Å²) in [7, 11) is 0. The molecule has 138 valence electrons. The number of phenolic OH excluding ortho intramolecular Hbond substituents is 1. The lowest BCUT2D eigenvalue weighted by Gasteiger charge is -2.26. The van der Waals surface area contributed by atoms with Crippen LogP contribution in [-0.4, -0.2) is 11.2 Å². The van der Waals surface area contributed by atoms with E-state index in [0.29, 0.717) is 11.4 Å². The molecule has 0 unspecified atom stereocenters. The second kappa shape index (κ2) is 7.54. The van der Waals surface area contributed by atoms with Crippen LogP contribution < -0.4 is 10.1 Å². The predicted octanol–water partition coefficient (Wildman–Crippen LogP) is 5.64. The zero-order valence-corrected chi connectivity index (χ0v) is 15.7. The van der Waals surface area contributed by atoms with Crippen LogP contribution in [0.1, 0.15) is 30.5 Å². The molecular formula is C23H23NO3. The van der Waals surface area contributed by atoms with Gasteiger partial charge in [0.25, 0.3) is 0 Å². The van der Waals surface area contributed by atoms with Gasteiger partial charge in [-0.05, 0) is 60.0 Å². The SMILES string of the molecule is Cc1cccc(OC(=O)Nc2ccc(C(C)(C)c3ccc(O)cc3)cc2)c1. The van der Waals surface area contributed by atoms with E-state index in [4.69, 9.17) is 4.74 Å². The number of hydrogen-bond acceptors (Lipinski definition) is 3. The van der Waals surface area contributed by atoms with E-state index in [-0.39, 0.29) is 11.2 Å². The highest BCUT2D eigenvalue weighted by Crippen LogP contribution is 2.32. The number of amides is 1. The summed E-state index contributed by atoms with van der Waals surface area (Å²) in [6.45, 7) is 6.18. The Labute approximate surface area is 159 Å². The minimum Gasteiger partial charge on any atom is -0.508 e. The van der Waals surface area contributed by atoms with Crippen molar-refractivity contribution in [2.24, 2.45) is 0 Å². The van der Waals surface area contributed by atoms with E-state index in [9.17, 15) is 9.90 Å². The van der Waals surface area contributed by atoms with Gasteiger partial charge in [-0.3, -0.25) is 5.32 Å². The Balaban J connectivity index is 1.69. The first kappa shape index (κ1) is 18.5. The predicted molar refractivity (Wildman–Crippen MR) is 108 cm³/mol. The van der Waals surface area contributed by atoms with Crippen LogP contribution in [0.4, 0.5) is 10.5 Å². The minimum absolute atomic E-state index is 0.228. The van der Waals surface area contributed by atoms with Gasteiger partial charge in [-0.2, -0.15) is 0 Å². The van der Waals surface area contributed by atoms with Crippen LogP contribution in [-0.2, 0) is 5.41 Å². The Morgan fingerprint density at radius 3 is 2.11 bits per heavy atom. The van der Waals surface area contributed by atoms with E-state index in [1.54, 1.807) is 18.2 Å². The first-order chi connectivity index (χ1) is 12.8. The van der Waals surface area contributed by atoms with Crippen LogP contribution in [0.15, 0.2) is 72.8 Å². The number of anilines is 1. The highest BCUT2D eigenvalue weighted by molar-refractivity contribution is 5.86. The number of ether oxygens (including phenoxy) is 1. The van der Waals surface area contributed by atoms with Crippen molar-refractivity contribution >= 4 is 11.8 Å². The van der Waals surface area contributed by atoms with Crippen molar-refractivity contribution in [3.63, 3.8) is 0 Å². The highest BCUT2D eigenvalue weighted by atomic mass is 16.6. The van der Waals surface area contributed by atoms with Crippen molar-refractivity contribution in [3.05, 3.63) is 89.5 Å². The number of phenols is 1. The molecule has 0 atom stereocenters. The van der Waals surface area contributed by atoms with Crippen LogP contribution in [0.2, 0.25) is 0 Å². The summed E-state index contributed by atoms with van der Waals surface area (Å²) < 4.78 is 5.30. The van der Waals surface area contributed by atoms with Gasteiger partial charge >= 0.3 is 6.09 Å². The topological polar surface area (TPSA) is 58.6 Å². The maximum atomic E-state index is 12.1. The maximum absolute atomic E-state index is 12.1. The Morgan fingerprint density at radius 2 is 1.52 bits per heavy atom. The molecule has 3 aromatic rings. The molecule has 0 saturated carbocycles. The molecule has 3 aromatic carbocycles. The molecule has 2 N–H and O–H groups in total. The molecule has 0 fully saturated rings. The Bertz CT molecular complexity index is 929. The lowest BCUT2D eigenvalue weighted by Crippen LogP contribution is -2.19. The van der Waals surface area contributed by atoms with Gasteiger partial charge in [-0.15, -0.1) is 0 Å². The van der Waals surface area contributed by atoms with Crippen LogP contribution >= 0.6 is 0 Å². The zero-order valence-electron chi connectivity index (χ0n) is 15.7. The van der Waals surface area contributed by atoms with Gasteiger partial charge < -0.3 is 9.84 Å². The van der Waals surface area contributed by atoms with Crippen LogP contribution in [0.3, 0.4) is 0 Å². The van der Waals surface area contributed by atoms with Crippen molar-refractivity contribution in [2.75, 3.05) is 5.32 Å². The molecule has 0 aliphatic carbocycles. The third-order valence-electron chi connectivity index (χ3n) is 4.64. The number of nitrogens with one attached hydrogen (secondary N) is 1. The second-order valence-electron chi connectivity index (χ2n) is 7.08. The van der Waals surface area contributed by atoms with Crippen LogP contribution in [0.5, 0.6) is 11.5 Å². The first-order valence-electron chi connectivity index (χ1n) is 8.80. The first-order valence-corrected chi connectivity index (χ1v) is 8.80. The molecule has 4 heteroatoms. The third-order valence-corrected chi connectivity index (χ3v) is 4.64. The molecule has 0 bridgehead atoms. The monoisotopic (exact) mass is 361 g/mol. The fourth-order valence-electron chi connectivity index (χ4n) is 2.94. The summed E-state index contributed by atoms with van der Waals surface area (Å²) in [6, 6.07) is 22.2. The fraction of sp³-hybridized carbons (Fsp3) is 0.174. The smallest absolute Gasteiger partial charge is 0.417 e. The van der Waals surface area contributed by atoms with E-state index < -0.39 is 6.09 Å². The van der Waals surface area contributed by atoms with E-state index in [1.165, 1.54) is 0 Å². The molecule has 0 spiro atoms. The summed E-state index contributed by atoms with van der Waals surface area (Å²) >= 11 is 0. The van der Waals surface area contributed by atoms with Gasteiger partial charge in [0.2, 0.25) is 0 Å². The maximum Gasteiger partial charge on any atom is 0.417 e. The Kier molecular flexibility index (Phi) is 5.17. The van der Waals surface area contributed by atoms with Crippen molar-refractivity contribution in [1.29, 1.82) is 0 Å². The minimum atomic E-state index is -0.522. The largest absolute Gasteiger partial charge is 0.508 e. The van der Waals surface area contributed by atoms with E-state index in [2.05, 4.69) is 19.2 Å². The number of carbonyl (C=O) groups excluding carboxylic acids is 1. The van der Waals surface area contributed by atoms with E-state index in [0.717, 1.165) is 16.7 Å². The fourth-order valence-corrected chi connectivity index (χ4v) is 2.94. The Morgan fingerprint density at radius 1 is 0.926 bits per heavy atom. The van der Waals surface area contributed by atoms with E-state index >= 15 is 0 Å². The number of aryl methyl sites for hydroxylation is 1. The van der Waals surface area contributed by atoms with Crippen molar-refractivity contribution < 1.29 is 14.6 Å². The molecule has 3 rings (SSSR count). The third kappa shape index (κ3) is 4.47. The Hall–Kier alpha value is -3.27. The molecule has 0 aliphatic rings. The second-order valence-corrected chi connectivity index (χ2v) is 7.08. The molecule has 0 heterocycles. The van der Waals surface area contributed by atoms with Crippen LogP contribution in [0, 0.1) is 6.92 Å². The molecule has 1 amide bonds. The summed E-state index contributed by atoms with van der Waals surface area (Å²) in [6.07, 6.45) is -0.522. The standard InChI is InChI=1S/C23H23NO3/c1-16-5-4-6-21(15-16)27-22(26)24-19-11-7-17(8-12-19)23(2,3)18-9-13-20(25)14-10-18/h4-15,25H,1-3H3,(H,24,26). The summed E-state index contributed by atoms with van der Waals surface area (Å²) in [5.74, 6) is 0.763. The van der Waals surface area contributed by atoms with Gasteiger partial charge in [0.05, 0.1) is 0 Å². The van der Waals surface area contributed by atoms with Gasteiger partial charge in [-0.25, -0.2) is 4.79 Å². The number of hydrogen-bond donors (Lipinski definition) is 2. The molecule has 4 nitrogen and oxygen atoms in total. The molecular weight excluding hydrogens is 338 g/mol. The van der Waals surface area contributed by atoms with Gasteiger partial charge in [0.1, 0.15) is 11.5 Å². The van der Waals surface area contributed by atoms with Crippen molar-refractivity contribution in [3.8, 4) is 11.5 Å². The van der Waals surface area contributed by atoms with Crippen molar-refractivity contribution in [2.45, 2.75) is 26.2 Å². The van der Waals surface area contributed by atoms with Crippen LogP contribution in [0.25, 0.3) is 0 Å². The lowest BCUT2D eigenvalue weighted by molar-refractivity contribution is 0.215. The zero-order chi connectivity index (χ0) is 19.4. The number of rotatable bonds is 4. The molecule has 0 saturated heterocycles. The number of carbonyl (C=O) groups is 1. The summed E-state index contributed by atoms with van der Waals surface area (Å²) in [5.41, 5.74) is 3.67. The molecule has 0 aromatic heterocycles. The van der Waals surface area contributed by atoms with E-state index in [1.807, 2.05) is 61.5 Å². The number of aromatic hydroxyl groups is 1. The normalized spacial score (nSPS) is 11.1. The van der Waals surface area contributed by atoms with Gasteiger partial charge in [-0.1, -0.05) is 50.2 Å². The number of benzene rings is 3. The average molecular weight is 361 g/mol. The molecule has 0 radical (unpaired) electrons. The molecule has 27 heavy (non-hydrogen) atoms. The highest BCUT2D eigenvalue weighted by Gasteiger charge is 2.23. The quantitative estimate of drug-likeness (QED) is 0.632. The summed E-state index contributed by atoms with van der Waals surface area (Å²) in [5, 5.41) is 12.2. The van der Waals surface area contributed by atoms with Gasteiger partial charge in [0, 0.05) is 11.1 Å². The average Bonchev–Trinajstić information content (AvgIpc) is 2.62. The lowest BCUT2D eigenvalue weighted by atomic mass is 9.78. The van der Waals surface area contributed by atoms with Crippen molar-refractivity contribution in [1.82, 2.24) is 0 Å². The molecule has 0 aliphatic heterocycles. The van der Waals surface area contributed by atoms with Gasteiger partial charge in [0.15, 0.2) is 0 Å².